The number of pyridine rings is 1. The van der Waals surface area contributed by atoms with Crippen LogP contribution in [0.15, 0.2) is 29.3 Å². The molecule has 0 atom stereocenters. The third-order valence-electron chi connectivity index (χ3n) is 6.67. The Morgan fingerprint density at radius 2 is 1.91 bits per heavy atom. The van der Waals surface area contributed by atoms with Crippen LogP contribution in [0.2, 0.25) is 0 Å². The zero-order chi connectivity index (χ0) is 22.2. The van der Waals surface area contributed by atoms with Gasteiger partial charge in [-0.2, -0.15) is 10.1 Å². The number of fused-ring (bicyclic) bond motifs is 1. The van der Waals surface area contributed by atoms with Crippen molar-refractivity contribution < 1.29 is 4.79 Å². The number of aryl methyl sites for hydroxylation is 2. The van der Waals surface area contributed by atoms with Crippen LogP contribution in [0.3, 0.4) is 0 Å². The lowest BCUT2D eigenvalue weighted by Crippen LogP contribution is -2.36. The molecule has 1 amide bonds. The molecule has 1 aliphatic carbocycles. The van der Waals surface area contributed by atoms with Crippen molar-refractivity contribution in [2.75, 3.05) is 31.1 Å². The number of amides is 1. The first-order valence-corrected chi connectivity index (χ1v) is 11.4. The summed E-state index contributed by atoms with van der Waals surface area (Å²) in [5, 5.41) is 5.18. The fourth-order valence-corrected chi connectivity index (χ4v) is 4.94. The Hall–Kier alpha value is -3.23. The Bertz CT molecular complexity index is 1210. The fourth-order valence-electron chi connectivity index (χ4n) is 4.94. The minimum absolute atomic E-state index is 0.0227. The molecule has 1 aliphatic heterocycles. The largest absolute Gasteiger partial charge is 0.339 e. The monoisotopic (exact) mass is 435 g/mol. The second kappa shape index (κ2) is 8.37. The van der Waals surface area contributed by atoms with Crippen molar-refractivity contribution >= 4 is 22.9 Å². The standard InChI is InChI=1S/C23H29N7O2/c1-16-14-20(31)30(17-6-3-4-7-17)21-18(16)15-24-23(25-21)29-10-5-9-28(12-13-29)22(32)19-8-11-27(2)26-19/h8,11,14-15,17H,3-7,9-10,12-13H2,1-2H3. The summed E-state index contributed by atoms with van der Waals surface area (Å²) in [6.07, 6.45) is 8.79. The summed E-state index contributed by atoms with van der Waals surface area (Å²) in [6, 6.07) is 3.67. The minimum atomic E-state index is -0.0439. The van der Waals surface area contributed by atoms with Crippen molar-refractivity contribution in [3.05, 3.63) is 46.1 Å². The highest BCUT2D eigenvalue weighted by molar-refractivity contribution is 5.92. The van der Waals surface area contributed by atoms with E-state index >= 15 is 0 Å². The SMILES string of the molecule is Cc1cc(=O)n(C2CCCC2)c2nc(N3CCCN(C(=O)c4ccn(C)n4)CC3)ncc12. The van der Waals surface area contributed by atoms with E-state index in [1.807, 2.05) is 29.6 Å². The van der Waals surface area contributed by atoms with Crippen molar-refractivity contribution in [1.29, 1.82) is 0 Å². The molecule has 32 heavy (non-hydrogen) atoms. The molecule has 1 saturated carbocycles. The average Bonchev–Trinajstić information content (AvgIpc) is 3.39. The molecule has 3 aromatic rings. The Kier molecular flexibility index (Phi) is 5.40. The van der Waals surface area contributed by atoms with Gasteiger partial charge >= 0.3 is 0 Å². The van der Waals surface area contributed by atoms with Gasteiger partial charge in [0.05, 0.1) is 0 Å². The van der Waals surface area contributed by atoms with Gasteiger partial charge < -0.3 is 9.80 Å². The molecule has 168 valence electrons. The van der Waals surface area contributed by atoms with Crippen molar-refractivity contribution in [2.45, 2.75) is 45.1 Å². The van der Waals surface area contributed by atoms with Gasteiger partial charge in [0, 0.05) is 63.1 Å². The molecule has 2 aliphatic rings. The molecule has 0 unspecified atom stereocenters. The minimum Gasteiger partial charge on any atom is -0.339 e. The Morgan fingerprint density at radius 3 is 2.66 bits per heavy atom. The first-order chi connectivity index (χ1) is 15.5. The first-order valence-electron chi connectivity index (χ1n) is 11.4. The highest BCUT2D eigenvalue weighted by Gasteiger charge is 2.25. The van der Waals surface area contributed by atoms with Crippen LogP contribution in [0.25, 0.3) is 11.0 Å². The molecule has 0 spiro atoms. The van der Waals surface area contributed by atoms with Crippen molar-refractivity contribution in [2.24, 2.45) is 7.05 Å². The van der Waals surface area contributed by atoms with Gasteiger partial charge in [-0.1, -0.05) is 12.8 Å². The molecule has 4 heterocycles. The summed E-state index contributed by atoms with van der Waals surface area (Å²) < 4.78 is 3.53. The Labute approximate surface area is 186 Å². The number of hydrogen-bond donors (Lipinski definition) is 0. The van der Waals surface area contributed by atoms with E-state index < -0.39 is 0 Å². The molecule has 2 fully saturated rings. The van der Waals surface area contributed by atoms with E-state index in [-0.39, 0.29) is 17.5 Å². The molecule has 0 bridgehead atoms. The molecule has 3 aromatic heterocycles. The summed E-state index contributed by atoms with van der Waals surface area (Å²) in [6.45, 7) is 4.60. The molecule has 5 rings (SSSR count). The predicted octanol–water partition coefficient (Wildman–Crippen LogP) is 2.30. The lowest BCUT2D eigenvalue weighted by molar-refractivity contribution is 0.0760. The number of nitrogens with zero attached hydrogens (tertiary/aromatic N) is 7. The summed E-state index contributed by atoms with van der Waals surface area (Å²) in [7, 11) is 1.81. The van der Waals surface area contributed by atoms with Gasteiger partial charge in [0.15, 0.2) is 0 Å². The molecular formula is C23H29N7O2. The molecular weight excluding hydrogens is 406 g/mol. The normalized spacial score (nSPS) is 17.8. The third kappa shape index (κ3) is 3.76. The van der Waals surface area contributed by atoms with E-state index in [9.17, 15) is 9.59 Å². The van der Waals surface area contributed by atoms with Crippen LogP contribution in [-0.2, 0) is 7.05 Å². The topological polar surface area (TPSA) is 89.2 Å². The third-order valence-corrected chi connectivity index (χ3v) is 6.67. The molecule has 0 N–H and O–H groups in total. The van der Waals surface area contributed by atoms with Crippen LogP contribution < -0.4 is 10.5 Å². The smallest absolute Gasteiger partial charge is 0.274 e. The first kappa shape index (κ1) is 20.7. The maximum Gasteiger partial charge on any atom is 0.274 e. The fraction of sp³-hybridized carbons (Fsp3) is 0.522. The zero-order valence-corrected chi connectivity index (χ0v) is 18.7. The highest BCUT2D eigenvalue weighted by atomic mass is 16.2. The summed E-state index contributed by atoms with van der Waals surface area (Å²) >= 11 is 0. The van der Waals surface area contributed by atoms with Gasteiger partial charge in [-0.25, -0.2) is 4.98 Å². The zero-order valence-electron chi connectivity index (χ0n) is 18.7. The number of aromatic nitrogens is 5. The van der Waals surface area contributed by atoms with E-state index in [1.54, 1.807) is 23.0 Å². The van der Waals surface area contributed by atoms with Crippen LogP contribution in [0, 0.1) is 6.92 Å². The second-order valence-electron chi connectivity index (χ2n) is 8.89. The van der Waals surface area contributed by atoms with Crippen LogP contribution in [0.5, 0.6) is 0 Å². The number of hydrogen-bond acceptors (Lipinski definition) is 6. The molecule has 9 nitrogen and oxygen atoms in total. The van der Waals surface area contributed by atoms with Gasteiger partial charge in [-0.15, -0.1) is 0 Å². The quantitative estimate of drug-likeness (QED) is 0.627. The van der Waals surface area contributed by atoms with Gasteiger partial charge in [-0.05, 0) is 37.8 Å². The van der Waals surface area contributed by atoms with Gasteiger partial charge in [-0.3, -0.25) is 18.8 Å². The summed E-state index contributed by atoms with van der Waals surface area (Å²) in [5.41, 5.74) is 2.14. The van der Waals surface area contributed by atoms with Crippen LogP contribution in [0.1, 0.15) is 54.2 Å². The van der Waals surface area contributed by atoms with Crippen LogP contribution in [-0.4, -0.2) is 61.3 Å². The number of carbonyl (C=O) groups excluding carboxylic acids is 1. The Morgan fingerprint density at radius 1 is 1.09 bits per heavy atom. The maximum absolute atomic E-state index is 12.9. The second-order valence-corrected chi connectivity index (χ2v) is 8.89. The van der Waals surface area contributed by atoms with E-state index in [0.717, 1.165) is 55.2 Å². The van der Waals surface area contributed by atoms with Crippen molar-refractivity contribution in [1.82, 2.24) is 29.2 Å². The predicted molar refractivity (Wildman–Crippen MR) is 122 cm³/mol. The van der Waals surface area contributed by atoms with E-state index in [2.05, 4.69) is 15.0 Å². The molecule has 0 aromatic carbocycles. The van der Waals surface area contributed by atoms with E-state index in [1.165, 1.54) is 0 Å². The Balaban J connectivity index is 1.42. The van der Waals surface area contributed by atoms with Gasteiger partial charge in [0.2, 0.25) is 5.95 Å². The number of rotatable bonds is 3. The number of carbonyl (C=O) groups is 1. The molecule has 0 radical (unpaired) electrons. The summed E-state index contributed by atoms with van der Waals surface area (Å²) in [5.74, 6) is 0.582. The molecule has 9 heteroatoms. The van der Waals surface area contributed by atoms with Crippen molar-refractivity contribution in [3.63, 3.8) is 0 Å². The molecule has 1 saturated heterocycles. The van der Waals surface area contributed by atoms with Gasteiger partial charge in [0.25, 0.3) is 11.5 Å². The van der Waals surface area contributed by atoms with Crippen molar-refractivity contribution in [3.8, 4) is 0 Å². The average molecular weight is 436 g/mol. The van der Waals surface area contributed by atoms with Crippen LogP contribution >= 0.6 is 0 Å². The number of anilines is 1. The van der Waals surface area contributed by atoms with Gasteiger partial charge in [0.1, 0.15) is 11.3 Å². The van der Waals surface area contributed by atoms with Crippen LogP contribution in [0.4, 0.5) is 5.95 Å². The lowest BCUT2D eigenvalue weighted by atomic mass is 10.1. The maximum atomic E-state index is 12.9. The van der Waals surface area contributed by atoms with E-state index in [4.69, 9.17) is 4.98 Å². The van der Waals surface area contributed by atoms with E-state index in [0.29, 0.717) is 31.3 Å². The lowest BCUT2D eigenvalue weighted by Gasteiger charge is -2.23. The summed E-state index contributed by atoms with van der Waals surface area (Å²) in [4.78, 5) is 39.2. The highest BCUT2D eigenvalue weighted by Crippen LogP contribution is 2.31.